The van der Waals surface area contributed by atoms with Gasteiger partial charge in [0.1, 0.15) is 12.4 Å². The Balaban J connectivity index is 1.64. The summed E-state index contributed by atoms with van der Waals surface area (Å²) in [5.41, 5.74) is 3.71. The second-order valence-corrected chi connectivity index (χ2v) is 7.47. The third-order valence-corrected chi connectivity index (χ3v) is 5.23. The predicted molar refractivity (Wildman–Crippen MR) is 122 cm³/mol. The molecule has 1 N–H and O–H groups in total. The van der Waals surface area contributed by atoms with Crippen molar-refractivity contribution < 1.29 is 9.47 Å². The van der Waals surface area contributed by atoms with Crippen LogP contribution in [0.25, 0.3) is 10.8 Å². The minimum Gasteiger partial charge on any atom is -0.489 e. The Kier molecular flexibility index (Phi) is 8.54. The third kappa shape index (κ3) is 6.31. The number of nitrogens with one attached hydrogen (secondary N) is 1. The summed E-state index contributed by atoms with van der Waals surface area (Å²) in [6.45, 7) is 8.32. The molecule has 3 rings (SSSR count). The van der Waals surface area contributed by atoms with E-state index in [0.29, 0.717) is 6.61 Å². The van der Waals surface area contributed by atoms with Gasteiger partial charge in [0.05, 0.1) is 0 Å². The molecule has 3 heteroatoms. The molecule has 154 valence electrons. The Morgan fingerprint density at radius 3 is 2.52 bits per heavy atom. The topological polar surface area (TPSA) is 30.5 Å². The van der Waals surface area contributed by atoms with Gasteiger partial charge in [0, 0.05) is 25.3 Å². The van der Waals surface area contributed by atoms with Crippen molar-refractivity contribution in [1.82, 2.24) is 5.32 Å². The van der Waals surface area contributed by atoms with Crippen LogP contribution < -0.4 is 10.1 Å². The van der Waals surface area contributed by atoms with Crippen molar-refractivity contribution in [2.45, 2.75) is 46.3 Å². The van der Waals surface area contributed by atoms with Crippen molar-refractivity contribution in [2.75, 3.05) is 19.8 Å². The Morgan fingerprint density at radius 2 is 1.66 bits per heavy atom. The van der Waals surface area contributed by atoms with Crippen molar-refractivity contribution in [3.63, 3.8) is 0 Å². The van der Waals surface area contributed by atoms with E-state index >= 15 is 0 Å². The minimum atomic E-state index is 0.587. The highest BCUT2D eigenvalue weighted by molar-refractivity contribution is 5.87. The van der Waals surface area contributed by atoms with Gasteiger partial charge in [0.15, 0.2) is 0 Å². The highest BCUT2D eigenvalue weighted by Gasteiger charge is 2.09. The van der Waals surface area contributed by atoms with Gasteiger partial charge in [-0.05, 0) is 54.3 Å². The largest absolute Gasteiger partial charge is 0.489 e. The van der Waals surface area contributed by atoms with E-state index in [0.717, 1.165) is 44.9 Å². The smallest absolute Gasteiger partial charge is 0.124 e. The zero-order valence-corrected chi connectivity index (χ0v) is 17.7. The SMILES string of the molecule is CCCCOCCCNCc1c(OCc2ccccc2C)ccc2ccccc12. The average Bonchev–Trinajstić information content (AvgIpc) is 2.75. The van der Waals surface area contributed by atoms with Crippen LogP contribution in [0.3, 0.4) is 0 Å². The molecule has 0 unspecified atom stereocenters. The molecular weight excluding hydrogens is 358 g/mol. The molecule has 3 aromatic rings. The van der Waals surface area contributed by atoms with Gasteiger partial charge in [-0.3, -0.25) is 0 Å². The molecule has 0 heterocycles. The summed E-state index contributed by atoms with van der Waals surface area (Å²) < 4.78 is 11.9. The van der Waals surface area contributed by atoms with Crippen molar-refractivity contribution in [1.29, 1.82) is 0 Å². The lowest BCUT2D eigenvalue weighted by atomic mass is 10.0. The molecule has 29 heavy (non-hydrogen) atoms. The minimum absolute atomic E-state index is 0.587. The Labute approximate surface area is 175 Å². The Hall–Kier alpha value is -2.36. The molecule has 3 aromatic carbocycles. The summed E-state index contributed by atoms with van der Waals surface area (Å²) in [5, 5.41) is 6.07. The molecule has 0 fully saturated rings. The number of unbranched alkanes of at least 4 members (excludes halogenated alkanes) is 1. The van der Waals surface area contributed by atoms with Gasteiger partial charge in [0.25, 0.3) is 0 Å². The van der Waals surface area contributed by atoms with Crippen LogP contribution in [-0.2, 0) is 17.9 Å². The first-order valence-corrected chi connectivity index (χ1v) is 10.8. The van der Waals surface area contributed by atoms with Crippen LogP contribution in [0.4, 0.5) is 0 Å². The highest BCUT2D eigenvalue weighted by Crippen LogP contribution is 2.29. The van der Waals surface area contributed by atoms with E-state index in [1.54, 1.807) is 0 Å². The molecule has 0 amide bonds. The molecule has 0 saturated heterocycles. The molecule has 0 saturated carbocycles. The lowest BCUT2D eigenvalue weighted by molar-refractivity contribution is 0.128. The number of hydrogen-bond donors (Lipinski definition) is 1. The fourth-order valence-corrected chi connectivity index (χ4v) is 3.42. The van der Waals surface area contributed by atoms with E-state index in [-0.39, 0.29) is 0 Å². The van der Waals surface area contributed by atoms with Gasteiger partial charge < -0.3 is 14.8 Å². The maximum absolute atomic E-state index is 6.27. The maximum atomic E-state index is 6.27. The van der Waals surface area contributed by atoms with Crippen molar-refractivity contribution >= 4 is 10.8 Å². The molecule has 0 aliphatic rings. The number of rotatable bonds is 12. The standard InChI is InChI=1S/C26H33NO2/c1-3-4-17-28-18-9-16-27-19-25-24-13-8-7-11-22(24)14-15-26(25)29-20-23-12-6-5-10-21(23)2/h5-8,10-15,27H,3-4,9,16-20H2,1-2H3. The lowest BCUT2D eigenvalue weighted by Gasteiger charge is -2.16. The number of ether oxygens (including phenoxy) is 2. The number of fused-ring (bicyclic) bond motifs is 1. The van der Waals surface area contributed by atoms with Gasteiger partial charge in [-0.2, -0.15) is 0 Å². The first-order chi connectivity index (χ1) is 14.3. The summed E-state index contributed by atoms with van der Waals surface area (Å²) >= 11 is 0. The van der Waals surface area contributed by atoms with Gasteiger partial charge in [-0.25, -0.2) is 0 Å². The lowest BCUT2D eigenvalue weighted by Crippen LogP contribution is -2.17. The molecule has 0 aliphatic heterocycles. The van der Waals surface area contributed by atoms with Gasteiger partial charge >= 0.3 is 0 Å². The first kappa shape index (κ1) is 21.4. The van der Waals surface area contributed by atoms with E-state index in [2.05, 4.69) is 79.8 Å². The summed E-state index contributed by atoms with van der Waals surface area (Å²) in [7, 11) is 0. The summed E-state index contributed by atoms with van der Waals surface area (Å²) in [6.07, 6.45) is 3.35. The first-order valence-electron chi connectivity index (χ1n) is 10.8. The van der Waals surface area contributed by atoms with Crippen molar-refractivity contribution in [3.05, 3.63) is 77.4 Å². The molecule has 0 atom stereocenters. The summed E-state index contributed by atoms with van der Waals surface area (Å²) in [6, 6.07) is 21.2. The van der Waals surface area contributed by atoms with Gasteiger partial charge in [0.2, 0.25) is 0 Å². The van der Waals surface area contributed by atoms with E-state index in [1.165, 1.54) is 33.9 Å². The van der Waals surface area contributed by atoms with Crippen LogP contribution in [0.1, 0.15) is 42.9 Å². The van der Waals surface area contributed by atoms with Crippen LogP contribution >= 0.6 is 0 Å². The van der Waals surface area contributed by atoms with E-state index in [4.69, 9.17) is 9.47 Å². The van der Waals surface area contributed by atoms with E-state index in [9.17, 15) is 0 Å². The van der Waals surface area contributed by atoms with Gasteiger partial charge in [-0.15, -0.1) is 0 Å². The molecule has 3 nitrogen and oxygen atoms in total. The van der Waals surface area contributed by atoms with Crippen LogP contribution in [0.5, 0.6) is 5.75 Å². The van der Waals surface area contributed by atoms with Crippen LogP contribution in [0.15, 0.2) is 60.7 Å². The Morgan fingerprint density at radius 1 is 0.862 bits per heavy atom. The summed E-state index contributed by atoms with van der Waals surface area (Å²) in [5.74, 6) is 0.957. The highest BCUT2D eigenvalue weighted by atomic mass is 16.5. The second kappa shape index (κ2) is 11.6. The third-order valence-electron chi connectivity index (χ3n) is 5.23. The quantitative estimate of drug-likeness (QED) is 0.383. The molecule has 0 aliphatic carbocycles. The van der Waals surface area contributed by atoms with E-state index < -0.39 is 0 Å². The number of benzene rings is 3. The monoisotopic (exact) mass is 391 g/mol. The predicted octanol–water partition coefficient (Wildman–Crippen LogP) is 6.02. The van der Waals surface area contributed by atoms with Crippen LogP contribution in [0, 0.1) is 6.92 Å². The molecule has 0 bridgehead atoms. The Bertz CT molecular complexity index is 891. The zero-order valence-electron chi connectivity index (χ0n) is 17.7. The van der Waals surface area contributed by atoms with Crippen LogP contribution in [0.2, 0.25) is 0 Å². The fourth-order valence-electron chi connectivity index (χ4n) is 3.42. The fraction of sp³-hybridized carbons (Fsp3) is 0.385. The zero-order chi connectivity index (χ0) is 20.3. The van der Waals surface area contributed by atoms with E-state index in [1.807, 2.05) is 0 Å². The molecular formula is C26H33NO2. The molecule has 0 spiro atoms. The van der Waals surface area contributed by atoms with Crippen LogP contribution in [-0.4, -0.2) is 19.8 Å². The van der Waals surface area contributed by atoms with Crippen molar-refractivity contribution in [2.24, 2.45) is 0 Å². The van der Waals surface area contributed by atoms with Crippen molar-refractivity contribution in [3.8, 4) is 5.75 Å². The summed E-state index contributed by atoms with van der Waals surface area (Å²) in [4.78, 5) is 0. The maximum Gasteiger partial charge on any atom is 0.124 e. The second-order valence-electron chi connectivity index (χ2n) is 7.47. The number of hydrogen-bond acceptors (Lipinski definition) is 3. The van der Waals surface area contributed by atoms with Gasteiger partial charge in [-0.1, -0.05) is 67.9 Å². The molecule has 0 aromatic heterocycles. The molecule has 0 radical (unpaired) electrons. The number of aryl methyl sites for hydroxylation is 1. The normalized spacial score (nSPS) is 11.1. The average molecular weight is 392 g/mol.